The van der Waals surface area contributed by atoms with Crippen molar-refractivity contribution in [2.75, 3.05) is 18.4 Å². The Balaban J connectivity index is 2.13. The van der Waals surface area contributed by atoms with E-state index < -0.39 is 0 Å². The maximum absolute atomic E-state index is 11.9. The normalized spacial score (nSPS) is 10.4. The molecule has 0 aliphatic rings. The summed E-state index contributed by atoms with van der Waals surface area (Å²) in [6.07, 6.45) is 1.62. The van der Waals surface area contributed by atoms with Gasteiger partial charge < -0.3 is 11.1 Å². The summed E-state index contributed by atoms with van der Waals surface area (Å²) in [6, 6.07) is 8.84. The van der Waals surface area contributed by atoms with Gasteiger partial charge >= 0.3 is 0 Å². The van der Waals surface area contributed by atoms with Crippen LogP contribution in [-0.2, 0) is 6.54 Å². The van der Waals surface area contributed by atoms with Gasteiger partial charge in [0, 0.05) is 24.2 Å². The van der Waals surface area contributed by atoms with Crippen LogP contribution in [0.2, 0.25) is 5.02 Å². The van der Waals surface area contributed by atoms with Crippen LogP contribution in [0.1, 0.15) is 5.56 Å². The van der Waals surface area contributed by atoms with Crippen LogP contribution in [0.25, 0.3) is 0 Å². The van der Waals surface area contributed by atoms with E-state index in [0.717, 1.165) is 5.56 Å². The molecule has 3 N–H and O–H groups in total. The van der Waals surface area contributed by atoms with E-state index in [-0.39, 0.29) is 5.56 Å². The molecule has 0 aliphatic heterocycles. The fourth-order valence-corrected chi connectivity index (χ4v) is 1.75. The zero-order valence-electron chi connectivity index (χ0n) is 10.3. The summed E-state index contributed by atoms with van der Waals surface area (Å²) < 4.78 is 1.40. The second-order valence-corrected chi connectivity index (χ2v) is 4.52. The summed E-state index contributed by atoms with van der Waals surface area (Å²) in [4.78, 5) is 11.9. The average Bonchev–Trinajstić information content (AvgIpc) is 2.41. The van der Waals surface area contributed by atoms with E-state index in [0.29, 0.717) is 30.3 Å². The first-order valence-electron chi connectivity index (χ1n) is 5.94. The van der Waals surface area contributed by atoms with Crippen molar-refractivity contribution in [1.82, 2.24) is 9.78 Å². The third kappa shape index (κ3) is 3.81. The molecule has 2 rings (SSSR count). The molecule has 1 heterocycles. The molecular weight excluding hydrogens is 264 g/mol. The van der Waals surface area contributed by atoms with Gasteiger partial charge in [-0.3, -0.25) is 4.79 Å². The molecular formula is C13H15ClN4O. The van der Waals surface area contributed by atoms with Gasteiger partial charge in [-0.1, -0.05) is 23.7 Å². The maximum atomic E-state index is 11.9. The van der Waals surface area contributed by atoms with Crippen LogP contribution in [0.4, 0.5) is 5.69 Å². The molecule has 0 spiro atoms. The number of rotatable bonds is 5. The Morgan fingerprint density at radius 2 is 2.05 bits per heavy atom. The van der Waals surface area contributed by atoms with Crippen LogP contribution in [0.5, 0.6) is 0 Å². The van der Waals surface area contributed by atoms with Gasteiger partial charge in [-0.05, 0) is 17.7 Å². The van der Waals surface area contributed by atoms with E-state index >= 15 is 0 Å². The molecule has 0 aliphatic carbocycles. The minimum Gasteiger partial charge on any atom is -0.382 e. The number of nitrogens with two attached hydrogens (primary N) is 1. The van der Waals surface area contributed by atoms with Gasteiger partial charge in [0.15, 0.2) is 0 Å². The summed E-state index contributed by atoms with van der Waals surface area (Å²) >= 11 is 5.81. The second-order valence-electron chi connectivity index (χ2n) is 4.08. The molecule has 0 fully saturated rings. The van der Waals surface area contributed by atoms with Crippen LogP contribution in [0.3, 0.4) is 0 Å². The Labute approximate surface area is 116 Å². The number of benzene rings is 1. The minimum absolute atomic E-state index is 0.156. The molecule has 1 aromatic carbocycles. The van der Waals surface area contributed by atoms with Gasteiger partial charge in [0.25, 0.3) is 5.56 Å². The second kappa shape index (κ2) is 6.36. The number of halogens is 1. The van der Waals surface area contributed by atoms with Crippen molar-refractivity contribution in [3.8, 4) is 0 Å². The Bertz CT molecular complexity index is 594. The Hall–Kier alpha value is -1.85. The van der Waals surface area contributed by atoms with Crippen LogP contribution >= 0.6 is 11.6 Å². The number of nitrogens with zero attached hydrogens (tertiary/aromatic N) is 2. The van der Waals surface area contributed by atoms with E-state index in [1.54, 1.807) is 18.3 Å². The lowest BCUT2D eigenvalue weighted by Gasteiger charge is -2.07. The standard InChI is InChI=1S/C13H15ClN4O/c14-11-3-1-10(2-4-11)9-18-13(19)7-12(8-17-18)16-6-5-15/h1-4,7-8,16H,5-6,9,15H2. The van der Waals surface area contributed by atoms with Crippen molar-refractivity contribution in [3.05, 3.63) is 57.5 Å². The fraction of sp³-hybridized carbons (Fsp3) is 0.231. The Morgan fingerprint density at radius 3 is 2.68 bits per heavy atom. The molecule has 0 unspecified atom stereocenters. The molecule has 1 aromatic heterocycles. The van der Waals surface area contributed by atoms with E-state index in [1.807, 2.05) is 12.1 Å². The van der Waals surface area contributed by atoms with Crippen LogP contribution < -0.4 is 16.6 Å². The predicted octanol–water partition coefficient (Wildman–Crippen LogP) is 1.32. The van der Waals surface area contributed by atoms with Crippen molar-refractivity contribution < 1.29 is 0 Å². The first-order chi connectivity index (χ1) is 9.19. The third-order valence-corrected chi connectivity index (χ3v) is 2.84. The van der Waals surface area contributed by atoms with Crippen molar-refractivity contribution >= 4 is 17.3 Å². The lowest BCUT2D eigenvalue weighted by Crippen LogP contribution is -2.24. The SMILES string of the molecule is NCCNc1cnn(Cc2ccc(Cl)cc2)c(=O)c1. The topological polar surface area (TPSA) is 72.9 Å². The highest BCUT2D eigenvalue weighted by Crippen LogP contribution is 2.10. The summed E-state index contributed by atoms with van der Waals surface area (Å²) in [5.74, 6) is 0. The number of aromatic nitrogens is 2. The van der Waals surface area contributed by atoms with Crippen molar-refractivity contribution in [2.45, 2.75) is 6.54 Å². The van der Waals surface area contributed by atoms with E-state index in [9.17, 15) is 4.79 Å². The smallest absolute Gasteiger partial charge is 0.269 e. The molecule has 100 valence electrons. The number of hydrogen-bond acceptors (Lipinski definition) is 4. The zero-order chi connectivity index (χ0) is 13.7. The lowest BCUT2D eigenvalue weighted by atomic mass is 10.2. The maximum Gasteiger partial charge on any atom is 0.269 e. The Kier molecular flexibility index (Phi) is 4.54. The van der Waals surface area contributed by atoms with Crippen LogP contribution in [0, 0.1) is 0 Å². The fourth-order valence-electron chi connectivity index (χ4n) is 1.63. The monoisotopic (exact) mass is 278 g/mol. The third-order valence-electron chi connectivity index (χ3n) is 2.59. The molecule has 0 atom stereocenters. The van der Waals surface area contributed by atoms with Gasteiger partial charge in [0.2, 0.25) is 0 Å². The predicted molar refractivity (Wildman–Crippen MR) is 76.6 cm³/mol. The average molecular weight is 279 g/mol. The quantitative estimate of drug-likeness (QED) is 0.865. The zero-order valence-corrected chi connectivity index (χ0v) is 11.1. The van der Waals surface area contributed by atoms with Gasteiger partial charge in [-0.2, -0.15) is 5.10 Å². The first kappa shape index (κ1) is 13.6. The van der Waals surface area contributed by atoms with Gasteiger partial charge in [-0.25, -0.2) is 4.68 Å². The van der Waals surface area contributed by atoms with E-state index in [4.69, 9.17) is 17.3 Å². The van der Waals surface area contributed by atoms with E-state index in [2.05, 4.69) is 10.4 Å². The first-order valence-corrected chi connectivity index (χ1v) is 6.32. The summed E-state index contributed by atoms with van der Waals surface area (Å²) in [6.45, 7) is 1.54. The highest BCUT2D eigenvalue weighted by molar-refractivity contribution is 6.30. The molecule has 0 bridgehead atoms. The Morgan fingerprint density at radius 1 is 1.32 bits per heavy atom. The molecule has 0 saturated heterocycles. The highest BCUT2D eigenvalue weighted by atomic mass is 35.5. The lowest BCUT2D eigenvalue weighted by molar-refractivity contribution is 0.639. The van der Waals surface area contributed by atoms with Crippen LogP contribution in [0.15, 0.2) is 41.3 Å². The molecule has 6 heteroatoms. The largest absolute Gasteiger partial charge is 0.382 e. The van der Waals surface area contributed by atoms with Crippen molar-refractivity contribution in [1.29, 1.82) is 0 Å². The highest BCUT2D eigenvalue weighted by Gasteiger charge is 2.01. The molecule has 0 saturated carbocycles. The summed E-state index contributed by atoms with van der Waals surface area (Å²) in [7, 11) is 0. The number of nitrogens with one attached hydrogen (secondary N) is 1. The summed E-state index contributed by atoms with van der Waals surface area (Å²) in [5.41, 5.74) is 6.88. The molecule has 0 radical (unpaired) electrons. The molecule has 5 nitrogen and oxygen atoms in total. The molecule has 19 heavy (non-hydrogen) atoms. The number of hydrogen-bond donors (Lipinski definition) is 2. The van der Waals surface area contributed by atoms with Crippen molar-refractivity contribution in [3.63, 3.8) is 0 Å². The van der Waals surface area contributed by atoms with Crippen LogP contribution in [-0.4, -0.2) is 22.9 Å². The van der Waals surface area contributed by atoms with Gasteiger partial charge in [0.1, 0.15) is 0 Å². The minimum atomic E-state index is -0.156. The summed E-state index contributed by atoms with van der Waals surface area (Å²) in [5, 5.41) is 7.80. The van der Waals surface area contributed by atoms with Gasteiger partial charge in [0.05, 0.1) is 18.4 Å². The van der Waals surface area contributed by atoms with Crippen molar-refractivity contribution in [2.24, 2.45) is 5.73 Å². The van der Waals surface area contributed by atoms with E-state index in [1.165, 1.54) is 10.7 Å². The molecule has 0 amide bonds. The molecule has 2 aromatic rings. The number of anilines is 1. The van der Waals surface area contributed by atoms with Gasteiger partial charge in [-0.15, -0.1) is 0 Å².